The van der Waals surface area contributed by atoms with Crippen LogP contribution >= 0.6 is 0 Å². The predicted molar refractivity (Wildman–Crippen MR) is 136 cm³/mol. The minimum atomic E-state index is -0.432. The van der Waals surface area contributed by atoms with Gasteiger partial charge < -0.3 is 19.4 Å². The molecule has 8 heteroatoms. The van der Waals surface area contributed by atoms with Crippen LogP contribution in [0.4, 0.5) is 11.4 Å². The van der Waals surface area contributed by atoms with E-state index in [1.165, 1.54) is 0 Å². The minimum Gasteiger partial charge on any atom is -0.484 e. The van der Waals surface area contributed by atoms with Crippen molar-refractivity contribution in [3.8, 4) is 17.2 Å². The van der Waals surface area contributed by atoms with Crippen LogP contribution in [0.25, 0.3) is 11.5 Å². The van der Waals surface area contributed by atoms with Gasteiger partial charge in [0.15, 0.2) is 6.61 Å². The van der Waals surface area contributed by atoms with Crippen molar-refractivity contribution < 1.29 is 18.7 Å². The largest absolute Gasteiger partial charge is 0.484 e. The summed E-state index contributed by atoms with van der Waals surface area (Å²) in [4.78, 5) is 27.2. The first-order valence-corrected chi connectivity index (χ1v) is 11.8. The molecule has 1 aromatic heterocycles. The SMILES string of the molecule is Cc1ccc(N2C[C@@H](C(=O)Nc3cccc(OCc4nnc(-c5ccccc5)o4)c3)CC2=O)cc1C. The van der Waals surface area contributed by atoms with E-state index >= 15 is 0 Å². The maximum atomic E-state index is 12.9. The number of hydrogen-bond donors (Lipinski definition) is 1. The molecule has 0 unspecified atom stereocenters. The van der Waals surface area contributed by atoms with E-state index in [9.17, 15) is 9.59 Å². The number of anilines is 2. The summed E-state index contributed by atoms with van der Waals surface area (Å²) in [5.41, 5.74) is 4.53. The molecule has 5 rings (SSSR count). The average molecular weight is 483 g/mol. The first kappa shape index (κ1) is 23.3. The van der Waals surface area contributed by atoms with Crippen molar-refractivity contribution in [3.63, 3.8) is 0 Å². The highest BCUT2D eigenvalue weighted by Crippen LogP contribution is 2.28. The van der Waals surface area contributed by atoms with Crippen molar-refractivity contribution in [1.82, 2.24) is 10.2 Å². The number of hydrogen-bond acceptors (Lipinski definition) is 6. The summed E-state index contributed by atoms with van der Waals surface area (Å²) >= 11 is 0. The summed E-state index contributed by atoms with van der Waals surface area (Å²) in [6.07, 6.45) is 0.176. The predicted octanol–water partition coefficient (Wildman–Crippen LogP) is 4.92. The number of carbonyl (C=O) groups excluding carboxylic acids is 2. The Bertz CT molecular complexity index is 1400. The van der Waals surface area contributed by atoms with Crippen LogP contribution in [0.3, 0.4) is 0 Å². The summed E-state index contributed by atoms with van der Waals surface area (Å²) in [5, 5.41) is 11.0. The molecule has 182 valence electrons. The van der Waals surface area contributed by atoms with Gasteiger partial charge in [-0.05, 0) is 61.4 Å². The van der Waals surface area contributed by atoms with E-state index < -0.39 is 5.92 Å². The van der Waals surface area contributed by atoms with E-state index in [1.807, 2.05) is 62.4 Å². The van der Waals surface area contributed by atoms with Gasteiger partial charge in [0.25, 0.3) is 5.89 Å². The van der Waals surface area contributed by atoms with Gasteiger partial charge in [-0.3, -0.25) is 9.59 Å². The molecule has 2 amide bonds. The Morgan fingerprint density at radius 2 is 1.86 bits per heavy atom. The molecule has 1 saturated heterocycles. The lowest BCUT2D eigenvalue weighted by Crippen LogP contribution is -2.28. The first-order chi connectivity index (χ1) is 17.5. The Morgan fingerprint density at radius 3 is 2.67 bits per heavy atom. The van der Waals surface area contributed by atoms with Gasteiger partial charge in [-0.1, -0.05) is 30.3 Å². The van der Waals surface area contributed by atoms with Gasteiger partial charge in [-0.15, -0.1) is 10.2 Å². The summed E-state index contributed by atoms with van der Waals surface area (Å²) < 4.78 is 11.5. The fourth-order valence-electron chi connectivity index (χ4n) is 4.09. The number of nitrogens with zero attached hydrogens (tertiary/aromatic N) is 3. The maximum absolute atomic E-state index is 12.9. The monoisotopic (exact) mass is 482 g/mol. The van der Waals surface area contributed by atoms with E-state index in [-0.39, 0.29) is 24.8 Å². The summed E-state index contributed by atoms with van der Waals surface area (Å²) in [5.74, 6) is 0.640. The van der Waals surface area contributed by atoms with Crippen molar-refractivity contribution in [1.29, 1.82) is 0 Å². The fraction of sp³-hybridized carbons (Fsp3) is 0.214. The molecule has 3 aromatic carbocycles. The standard InChI is InChI=1S/C28H26N4O4/c1-18-11-12-23(13-19(18)2)32-16-21(14-26(32)33)27(34)29-22-9-6-10-24(15-22)35-17-25-30-31-28(36-25)20-7-4-3-5-8-20/h3-13,15,21H,14,16-17H2,1-2H3,(H,29,34)/t21-/m0/s1. The lowest BCUT2D eigenvalue weighted by atomic mass is 10.1. The lowest BCUT2D eigenvalue weighted by molar-refractivity contribution is -0.122. The van der Waals surface area contributed by atoms with Crippen molar-refractivity contribution in [2.24, 2.45) is 5.92 Å². The first-order valence-electron chi connectivity index (χ1n) is 11.8. The van der Waals surface area contributed by atoms with Crippen LogP contribution in [-0.2, 0) is 16.2 Å². The molecule has 0 saturated carbocycles. The molecule has 36 heavy (non-hydrogen) atoms. The molecular weight excluding hydrogens is 456 g/mol. The third kappa shape index (κ3) is 5.12. The van der Waals surface area contributed by atoms with Gasteiger partial charge in [0.05, 0.1) is 5.92 Å². The Kier molecular flexibility index (Phi) is 6.49. The number of carbonyl (C=O) groups is 2. The van der Waals surface area contributed by atoms with Gasteiger partial charge in [-0.25, -0.2) is 0 Å². The zero-order valence-corrected chi connectivity index (χ0v) is 20.1. The van der Waals surface area contributed by atoms with Gasteiger partial charge in [-0.2, -0.15) is 0 Å². The molecule has 0 radical (unpaired) electrons. The van der Waals surface area contributed by atoms with Crippen LogP contribution < -0.4 is 15.0 Å². The number of aryl methyl sites for hydroxylation is 2. The zero-order valence-electron chi connectivity index (χ0n) is 20.1. The smallest absolute Gasteiger partial charge is 0.254 e. The molecule has 1 N–H and O–H groups in total. The van der Waals surface area contributed by atoms with Gasteiger partial charge in [0.2, 0.25) is 17.7 Å². The molecule has 4 aromatic rings. The maximum Gasteiger partial charge on any atom is 0.254 e. The number of benzene rings is 3. The Balaban J connectivity index is 1.19. The van der Waals surface area contributed by atoms with E-state index in [4.69, 9.17) is 9.15 Å². The van der Waals surface area contributed by atoms with Crippen molar-refractivity contribution >= 4 is 23.2 Å². The highest BCUT2D eigenvalue weighted by molar-refractivity contribution is 6.03. The third-order valence-corrected chi connectivity index (χ3v) is 6.25. The average Bonchev–Trinajstić information content (AvgIpc) is 3.52. The lowest BCUT2D eigenvalue weighted by Gasteiger charge is -2.18. The number of rotatable bonds is 7. The van der Waals surface area contributed by atoms with E-state index in [0.717, 1.165) is 22.4 Å². The molecule has 1 fully saturated rings. The van der Waals surface area contributed by atoms with Gasteiger partial charge in [0.1, 0.15) is 5.75 Å². The second-order valence-corrected chi connectivity index (χ2v) is 8.85. The van der Waals surface area contributed by atoms with E-state index in [2.05, 4.69) is 15.5 Å². The molecule has 0 aliphatic carbocycles. The van der Waals surface area contributed by atoms with Crippen molar-refractivity contribution in [3.05, 3.63) is 89.8 Å². The number of amides is 2. The van der Waals surface area contributed by atoms with Crippen LogP contribution in [0.1, 0.15) is 23.4 Å². The van der Waals surface area contributed by atoms with E-state index in [0.29, 0.717) is 29.8 Å². The molecule has 2 heterocycles. The number of nitrogens with one attached hydrogen (secondary N) is 1. The molecule has 1 aliphatic heterocycles. The van der Waals surface area contributed by atoms with Crippen molar-refractivity contribution in [2.75, 3.05) is 16.8 Å². The topological polar surface area (TPSA) is 97.6 Å². The fourth-order valence-corrected chi connectivity index (χ4v) is 4.09. The normalized spacial score (nSPS) is 15.2. The highest BCUT2D eigenvalue weighted by Gasteiger charge is 2.35. The summed E-state index contributed by atoms with van der Waals surface area (Å²) in [6, 6.07) is 22.5. The Hall–Kier alpha value is -4.46. The molecular formula is C28H26N4O4. The number of aromatic nitrogens is 2. The minimum absolute atomic E-state index is 0.0510. The van der Waals surface area contributed by atoms with Gasteiger partial charge >= 0.3 is 0 Å². The molecule has 0 spiro atoms. The van der Waals surface area contributed by atoms with Crippen LogP contribution in [0.15, 0.2) is 77.2 Å². The summed E-state index contributed by atoms with van der Waals surface area (Å²) in [6.45, 7) is 4.49. The quantitative estimate of drug-likeness (QED) is 0.401. The van der Waals surface area contributed by atoms with Gasteiger partial charge in [0, 0.05) is 36.0 Å². The Labute approximate surface area is 208 Å². The van der Waals surface area contributed by atoms with Crippen LogP contribution in [0.2, 0.25) is 0 Å². The summed E-state index contributed by atoms with van der Waals surface area (Å²) in [7, 11) is 0. The second kappa shape index (κ2) is 10.0. The van der Waals surface area contributed by atoms with Crippen LogP contribution in [0.5, 0.6) is 5.75 Å². The Morgan fingerprint density at radius 1 is 1.03 bits per heavy atom. The highest BCUT2D eigenvalue weighted by atomic mass is 16.5. The molecule has 1 atom stereocenters. The molecule has 1 aliphatic rings. The third-order valence-electron chi connectivity index (χ3n) is 6.25. The van der Waals surface area contributed by atoms with E-state index in [1.54, 1.807) is 29.2 Å². The number of ether oxygens (including phenoxy) is 1. The molecule has 0 bridgehead atoms. The van der Waals surface area contributed by atoms with Crippen LogP contribution in [-0.4, -0.2) is 28.6 Å². The van der Waals surface area contributed by atoms with Crippen LogP contribution in [0, 0.1) is 19.8 Å². The molecule has 8 nitrogen and oxygen atoms in total. The second-order valence-electron chi connectivity index (χ2n) is 8.85. The van der Waals surface area contributed by atoms with Crippen molar-refractivity contribution in [2.45, 2.75) is 26.9 Å². The zero-order chi connectivity index (χ0) is 25.1.